The number of ether oxygens (including phenoxy) is 2. The van der Waals surface area contributed by atoms with Crippen LogP contribution in [0, 0.1) is 6.92 Å². The van der Waals surface area contributed by atoms with E-state index in [0.29, 0.717) is 11.3 Å². The van der Waals surface area contributed by atoms with Crippen LogP contribution in [0.1, 0.15) is 36.6 Å². The van der Waals surface area contributed by atoms with Crippen LogP contribution in [-0.2, 0) is 14.3 Å². The van der Waals surface area contributed by atoms with Gasteiger partial charge in [0.15, 0.2) is 0 Å². The number of aryl methyl sites for hydroxylation is 1. The number of nitrogens with zero attached hydrogens (tertiary/aromatic N) is 1. The third-order valence-corrected chi connectivity index (χ3v) is 4.97. The summed E-state index contributed by atoms with van der Waals surface area (Å²) in [7, 11) is 1.54. The van der Waals surface area contributed by atoms with E-state index in [0.717, 1.165) is 11.1 Å². The van der Waals surface area contributed by atoms with Crippen LogP contribution in [0.3, 0.4) is 0 Å². The molecule has 1 fully saturated rings. The number of Topliss-reactive ketones (excluding diaryl/α,β-unsaturated/α-hetero) is 1. The average molecular weight is 409 g/mol. The SMILES string of the molecule is COCCN1C(=O)C(=O)/C(=C(/O)c2ccc(OC(C)C)cc2)C1c1ccc(C)cc1. The standard InChI is InChI=1S/C24H27NO5/c1-15(2)30-19-11-9-18(10-12-19)22(26)20-21(17-7-5-16(3)6-8-17)25(13-14-29-4)24(28)23(20)27/h5-12,15,21,26H,13-14H2,1-4H3/b22-20+. The summed E-state index contributed by atoms with van der Waals surface area (Å²) < 4.78 is 10.8. The van der Waals surface area contributed by atoms with Crippen molar-refractivity contribution in [2.45, 2.75) is 32.9 Å². The third-order valence-electron chi connectivity index (χ3n) is 4.97. The van der Waals surface area contributed by atoms with Crippen molar-refractivity contribution in [2.24, 2.45) is 0 Å². The van der Waals surface area contributed by atoms with Crippen molar-refractivity contribution >= 4 is 17.4 Å². The molecular weight excluding hydrogens is 382 g/mol. The maximum atomic E-state index is 12.9. The van der Waals surface area contributed by atoms with Crippen molar-refractivity contribution in [1.29, 1.82) is 0 Å². The van der Waals surface area contributed by atoms with Crippen LogP contribution in [-0.4, -0.2) is 48.1 Å². The zero-order chi connectivity index (χ0) is 21.8. The number of aliphatic hydroxyl groups excluding tert-OH is 1. The summed E-state index contributed by atoms with van der Waals surface area (Å²) in [6, 6.07) is 13.7. The zero-order valence-electron chi connectivity index (χ0n) is 17.7. The molecule has 0 saturated carbocycles. The van der Waals surface area contributed by atoms with Gasteiger partial charge >= 0.3 is 0 Å². The number of rotatable bonds is 7. The van der Waals surface area contributed by atoms with Gasteiger partial charge in [-0.3, -0.25) is 9.59 Å². The Bertz CT molecular complexity index is 945. The molecule has 0 radical (unpaired) electrons. The molecule has 6 heteroatoms. The summed E-state index contributed by atoms with van der Waals surface area (Å²) in [5.74, 6) is -0.872. The molecule has 0 spiro atoms. The largest absolute Gasteiger partial charge is 0.507 e. The summed E-state index contributed by atoms with van der Waals surface area (Å²) >= 11 is 0. The van der Waals surface area contributed by atoms with E-state index in [4.69, 9.17) is 9.47 Å². The van der Waals surface area contributed by atoms with E-state index in [1.54, 1.807) is 24.3 Å². The number of carbonyl (C=O) groups is 2. The number of aliphatic hydroxyl groups is 1. The average Bonchev–Trinajstić information content (AvgIpc) is 2.97. The van der Waals surface area contributed by atoms with Crippen molar-refractivity contribution in [3.05, 3.63) is 70.8 Å². The van der Waals surface area contributed by atoms with E-state index >= 15 is 0 Å². The number of hydrogen-bond acceptors (Lipinski definition) is 5. The lowest BCUT2D eigenvalue weighted by molar-refractivity contribution is -0.140. The monoisotopic (exact) mass is 409 g/mol. The molecule has 0 aromatic heterocycles. The Morgan fingerprint density at radius 1 is 1.07 bits per heavy atom. The Morgan fingerprint density at radius 3 is 2.27 bits per heavy atom. The molecule has 1 amide bonds. The van der Waals surface area contributed by atoms with Crippen molar-refractivity contribution in [3.63, 3.8) is 0 Å². The lowest BCUT2D eigenvalue weighted by Crippen LogP contribution is -2.32. The molecule has 1 aliphatic heterocycles. The van der Waals surface area contributed by atoms with Crippen LogP contribution < -0.4 is 4.74 Å². The molecule has 0 aliphatic carbocycles. The molecule has 2 aromatic rings. The fourth-order valence-corrected chi connectivity index (χ4v) is 3.51. The van der Waals surface area contributed by atoms with Gasteiger partial charge in [0.2, 0.25) is 0 Å². The quantitative estimate of drug-likeness (QED) is 0.427. The Kier molecular flexibility index (Phi) is 6.57. The summed E-state index contributed by atoms with van der Waals surface area (Å²) in [4.78, 5) is 27.1. The van der Waals surface area contributed by atoms with E-state index in [1.807, 2.05) is 45.0 Å². The van der Waals surface area contributed by atoms with Crippen LogP contribution in [0.25, 0.3) is 5.76 Å². The summed E-state index contributed by atoms with van der Waals surface area (Å²) in [5.41, 5.74) is 2.36. The highest BCUT2D eigenvalue weighted by molar-refractivity contribution is 6.46. The number of likely N-dealkylation sites (tertiary alicyclic amines) is 1. The van der Waals surface area contributed by atoms with Gasteiger partial charge in [-0.25, -0.2) is 0 Å². The molecule has 1 N–H and O–H groups in total. The first kappa shape index (κ1) is 21.6. The summed E-state index contributed by atoms with van der Waals surface area (Å²) in [5, 5.41) is 11.0. The van der Waals surface area contributed by atoms with Crippen molar-refractivity contribution in [2.75, 3.05) is 20.3 Å². The van der Waals surface area contributed by atoms with Crippen molar-refractivity contribution in [1.82, 2.24) is 4.90 Å². The van der Waals surface area contributed by atoms with E-state index < -0.39 is 17.7 Å². The minimum atomic E-state index is -0.698. The van der Waals surface area contributed by atoms with Crippen molar-refractivity contribution < 1.29 is 24.2 Å². The second kappa shape index (κ2) is 9.13. The van der Waals surface area contributed by atoms with Crippen LogP contribution in [0.5, 0.6) is 5.75 Å². The normalized spacial score (nSPS) is 18.3. The van der Waals surface area contributed by atoms with Gasteiger partial charge in [0.25, 0.3) is 11.7 Å². The molecule has 3 rings (SSSR count). The smallest absolute Gasteiger partial charge is 0.295 e. The molecular formula is C24H27NO5. The molecule has 0 bridgehead atoms. The Labute approximate surface area is 176 Å². The van der Waals surface area contributed by atoms with Gasteiger partial charge in [0.05, 0.1) is 24.3 Å². The number of ketones is 1. The third kappa shape index (κ3) is 4.39. The molecule has 30 heavy (non-hydrogen) atoms. The molecule has 1 heterocycles. The summed E-state index contributed by atoms with van der Waals surface area (Å²) in [6.45, 7) is 6.36. The first-order valence-corrected chi connectivity index (χ1v) is 9.94. The lowest BCUT2D eigenvalue weighted by Gasteiger charge is -2.25. The van der Waals surface area contributed by atoms with E-state index in [1.165, 1.54) is 12.0 Å². The van der Waals surface area contributed by atoms with Gasteiger partial charge < -0.3 is 19.5 Å². The van der Waals surface area contributed by atoms with Crippen LogP contribution in [0.4, 0.5) is 0 Å². The lowest BCUT2D eigenvalue weighted by atomic mass is 9.94. The molecule has 1 saturated heterocycles. The highest BCUT2D eigenvalue weighted by atomic mass is 16.5. The van der Waals surface area contributed by atoms with Gasteiger partial charge in [0.1, 0.15) is 11.5 Å². The molecule has 1 unspecified atom stereocenters. The topological polar surface area (TPSA) is 76.1 Å². The first-order valence-electron chi connectivity index (χ1n) is 9.94. The van der Waals surface area contributed by atoms with Gasteiger partial charge in [-0.2, -0.15) is 0 Å². The van der Waals surface area contributed by atoms with E-state index in [2.05, 4.69) is 0 Å². The Hall–Kier alpha value is -3.12. The summed E-state index contributed by atoms with van der Waals surface area (Å²) in [6.07, 6.45) is 0.0251. The van der Waals surface area contributed by atoms with Crippen molar-refractivity contribution in [3.8, 4) is 5.75 Å². The molecule has 2 aromatic carbocycles. The van der Waals surface area contributed by atoms with Crippen LogP contribution >= 0.6 is 0 Å². The predicted molar refractivity (Wildman–Crippen MR) is 114 cm³/mol. The number of hydrogen-bond donors (Lipinski definition) is 1. The highest BCUT2D eigenvalue weighted by Gasteiger charge is 2.45. The number of amides is 1. The van der Waals surface area contributed by atoms with Gasteiger partial charge in [-0.15, -0.1) is 0 Å². The number of benzene rings is 2. The second-order valence-electron chi connectivity index (χ2n) is 7.59. The Balaban J connectivity index is 2.07. The van der Waals surface area contributed by atoms with Crippen LogP contribution in [0.2, 0.25) is 0 Å². The van der Waals surface area contributed by atoms with E-state index in [9.17, 15) is 14.7 Å². The molecule has 158 valence electrons. The minimum Gasteiger partial charge on any atom is -0.507 e. The zero-order valence-corrected chi connectivity index (χ0v) is 17.7. The number of methoxy groups -OCH3 is 1. The minimum absolute atomic E-state index is 0.0251. The number of carbonyl (C=O) groups excluding carboxylic acids is 2. The maximum Gasteiger partial charge on any atom is 0.295 e. The van der Waals surface area contributed by atoms with Gasteiger partial charge in [0, 0.05) is 19.2 Å². The molecule has 1 aliphatic rings. The second-order valence-corrected chi connectivity index (χ2v) is 7.59. The first-order chi connectivity index (χ1) is 14.3. The van der Waals surface area contributed by atoms with Gasteiger partial charge in [-0.1, -0.05) is 29.8 Å². The van der Waals surface area contributed by atoms with E-state index in [-0.39, 0.29) is 30.6 Å². The van der Waals surface area contributed by atoms with Crippen LogP contribution in [0.15, 0.2) is 54.1 Å². The van der Waals surface area contributed by atoms with Gasteiger partial charge in [-0.05, 0) is 50.6 Å². The Morgan fingerprint density at radius 2 is 1.70 bits per heavy atom. The molecule has 6 nitrogen and oxygen atoms in total. The maximum absolute atomic E-state index is 12.9. The molecule has 1 atom stereocenters. The predicted octanol–water partition coefficient (Wildman–Crippen LogP) is 3.85. The fourth-order valence-electron chi connectivity index (χ4n) is 3.51. The highest BCUT2D eigenvalue weighted by Crippen LogP contribution is 2.39. The fraction of sp³-hybridized carbons (Fsp3) is 0.333.